The summed E-state index contributed by atoms with van der Waals surface area (Å²) >= 11 is 0. The minimum absolute atomic E-state index is 0.137. The molecule has 2 aliphatic carbocycles. The number of sulfonamides is 1. The van der Waals surface area contributed by atoms with Gasteiger partial charge in [0.2, 0.25) is 10.0 Å². The first kappa shape index (κ1) is 25.0. The van der Waals surface area contributed by atoms with E-state index in [0.29, 0.717) is 41.7 Å². The molecule has 6 atom stereocenters. The highest BCUT2D eigenvalue weighted by atomic mass is 32.2. The molecule has 1 aromatic heterocycles. The first-order valence-corrected chi connectivity index (χ1v) is 15.7. The van der Waals surface area contributed by atoms with E-state index < -0.39 is 10.0 Å². The van der Waals surface area contributed by atoms with E-state index in [1.807, 2.05) is 43.3 Å². The molecule has 2 saturated carbocycles. The van der Waals surface area contributed by atoms with Crippen LogP contribution in [0.25, 0.3) is 10.9 Å². The van der Waals surface area contributed by atoms with Gasteiger partial charge in [-0.05, 0) is 97.2 Å². The fourth-order valence-electron chi connectivity index (χ4n) is 8.31. The Bertz CT molecular complexity index is 1630. The maximum atomic E-state index is 14.7. The second-order valence-electron chi connectivity index (χ2n) is 12.1. The molecule has 0 spiro atoms. The molecule has 4 aromatic rings. The summed E-state index contributed by atoms with van der Waals surface area (Å²) < 4.78 is 47.4. The van der Waals surface area contributed by atoms with Crippen LogP contribution in [0.1, 0.15) is 48.9 Å². The van der Waals surface area contributed by atoms with Crippen molar-refractivity contribution in [1.82, 2.24) is 8.87 Å². The predicted molar refractivity (Wildman–Crippen MR) is 152 cm³/mol. The molecule has 0 unspecified atom stereocenters. The van der Waals surface area contributed by atoms with Crippen molar-refractivity contribution in [2.24, 2.45) is 29.6 Å². The zero-order valence-electron chi connectivity index (χ0n) is 22.5. The minimum atomic E-state index is -3.76. The van der Waals surface area contributed by atoms with Crippen molar-refractivity contribution in [2.75, 3.05) is 6.54 Å². The van der Waals surface area contributed by atoms with Crippen LogP contribution >= 0.6 is 0 Å². The Morgan fingerprint density at radius 1 is 0.949 bits per heavy atom. The molecule has 3 aromatic carbocycles. The summed E-state index contributed by atoms with van der Waals surface area (Å²) in [5.41, 5.74) is 4.04. The molecule has 0 amide bonds. The lowest BCUT2D eigenvalue weighted by atomic mass is 9.67. The van der Waals surface area contributed by atoms with Crippen molar-refractivity contribution in [1.29, 1.82) is 0 Å². The first-order valence-electron chi connectivity index (χ1n) is 14.2. The largest absolute Gasteiger partial charge is 0.343 e. The standard InChI is InChI=1S/C33H35FN2O2S/c1-21-8-13-27(14-9-21)39(37,38)36-20-29-24-10-11-25(16-24)32(29)22(2)33(36)30-19-35(18-23-6-4-3-5-7-23)31-15-12-26(34)17-28(30)31/h3-9,12-15,17,19,22,24-25,29,32-33H,10-11,16,18,20H2,1-2H3/t22-,24+,25-,29-,32+,33-/m1/s1. The van der Waals surface area contributed by atoms with Gasteiger partial charge in [0.05, 0.1) is 10.9 Å². The summed E-state index contributed by atoms with van der Waals surface area (Å²) in [5, 5.41) is 0.813. The van der Waals surface area contributed by atoms with E-state index in [0.717, 1.165) is 27.6 Å². The number of halogens is 1. The summed E-state index contributed by atoms with van der Waals surface area (Å²) in [6, 6.07) is 22.0. The zero-order chi connectivity index (χ0) is 26.9. The van der Waals surface area contributed by atoms with Crippen LogP contribution in [0.2, 0.25) is 0 Å². The van der Waals surface area contributed by atoms with E-state index in [2.05, 4.69) is 29.8 Å². The molecule has 7 rings (SSSR count). The van der Waals surface area contributed by atoms with Crippen molar-refractivity contribution in [3.05, 3.63) is 102 Å². The Kier molecular flexibility index (Phi) is 5.98. The van der Waals surface area contributed by atoms with Gasteiger partial charge in [0.15, 0.2) is 0 Å². The first-order chi connectivity index (χ1) is 18.8. The van der Waals surface area contributed by atoms with E-state index in [9.17, 15) is 12.8 Å². The molecule has 39 heavy (non-hydrogen) atoms. The molecule has 0 N–H and O–H groups in total. The number of rotatable bonds is 5. The van der Waals surface area contributed by atoms with Crippen molar-refractivity contribution in [3.63, 3.8) is 0 Å². The lowest BCUT2D eigenvalue weighted by Crippen LogP contribution is -2.51. The Morgan fingerprint density at radius 2 is 1.69 bits per heavy atom. The van der Waals surface area contributed by atoms with Gasteiger partial charge in [-0.15, -0.1) is 0 Å². The third-order valence-electron chi connectivity index (χ3n) is 9.98. The Labute approximate surface area is 230 Å². The Morgan fingerprint density at radius 3 is 2.46 bits per heavy atom. The maximum Gasteiger partial charge on any atom is 0.243 e. The van der Waals surface area contributed by atoms with Crippen molar-refractivity contribution < 1.29 is 12.8 Å². The molecule has 202 valence electrons. The summed E-state index contributed by atoms with van der Waals surface area (Å²) in [6.07, 6.45) is 5.78. The van der Waals surface area contributed by atoms with Gasteiger partial charge in [0, 0.05) is 30.2 Å². The van der Waals surface area contributed by atoms with E-state index in [1.165, 1.54) is 25.3 Å². The van der Waals surface area contributed by atoms with Gasteiger partial charge in [0.1, 0.15) is 5.82 Å². The van der Waals surface area contributed by atoms with Gasteiger partial charge in [0.25, 0.3) is 0 Å². The number of hydrogen-bond donors (Lipinski definition) is 0. The number of hydrogen-bond acceptors (Lipinski definition) is 2. The molecule has 3 fully saturated rings. The number of aryl methyl sites for hydroxylation is 1. The maximum absolute atomic E-state index is 14.7. The highest BCUT2D eigenvalue weighted by Crippen LogP contribution is 2.61. The lowest BCUT2D eigenvalue weighted by Gasteiger charge is -2.49. The summed E-state index contributed by atoms with van der Waals surface area (Å²) in [6.45, 7) is 5.40. The fourth-order valence-corrected chi connectivity index (χ4v) is 10.0. The van der Waals surface area contributed by atoms with Crippen molar-refractivity contribution >= 4 is 20.9 Å². The number of aromatic nitrogens is 1. The smallest absolute Gasteiger partial charge is 0.243 e. The normalized spacial score (nSPS) is 28.7. The van der Waals surface area contributed by atoms with Crippen LogP contribution in [0.4, 0.5) is 4.39 Å². The molecule has 1 saturated heterocycles. The molecule has 0 radical (unpaired) electrons. The summed E-state index contributed by atoms with van der Waals surface area (Å²) in [7, 11) is -3.76. The Balaban J connectivity index is 1.39. The van der Waals surface area contributed by atoms with Gasteiger partial charge in [-0.2, -0.15) is 4.31 Å². The SMILES string of the molecule is Cc1ccc(S(=O)(=O)N2C[C@@H]3[C@H]4CC[C@H](C4)[C@@H]3[C@@H](C)[C@@H]2c2cn(Cc3ccccc3)c3ccc(F)cc23)cc1. The van der Waals surface area contributed by atoms with Gasteiger partial charge in [-0.3, -0.25) is 0 Å². The molecule has 2 bridgehead atoms. The second-order valence-corrected chi connectivity index (χ2v) is 14.0. The van der Waals surface area contributed by atoms with Crippen molar-refractivity contribution in [3.8, 4) is 0 Å². The molecular formula is C33H35FN2O2S. The monoisotopic (exact) mass is 542 g/mol. The second kappa shape index (κ2) is 9.31. The minimum Gasteiger partial charge on any atom is -0.343 e. The van der Waals surface area contributed by atoms with Crippen LogP contribution in [-0.2, 0) is 16.6 Å². The molecular weight excluding hydrogens is 507 g/mol. The van der Waals surface area contributed by atoms with E-state index in [-0.39, 0.29) is 17.8 Å². The number of fused-ring (bicyclic) bond motifs is 6. The highest BCUT2D eigenvalue weighted by Gasteiger charge is 2.57. The van der Waals surface area contributed by atoms with Crippen LogP contribution in [-0.4, -0.2) is 23.8 Å². The average molecular weight is 543 g/mol. The van der Waals surface area contributed by atoms with Gasteiger partial charge < -0.3 is 4.57 Å². The van der Waals surface area contributed by atoms with Crippen LogP contribution < -0.4 is 0 Å². The average Bonchev–Trinajstić information content (AvgIpc) is 3.64. The molecule has 1 aliphatic heterocycles. The van der Waals surface area contributed by atoms with Crippen LogP contribution in [0.3, 0.4) is 0 Å². The lowest BCUT2D eigenvalue weighted by molar-refractivity contribution is 0.0301. The summed E-state index contributed by atoms with van der Waals surface area (Å²) in [4.78, 5) is 0.339. The van der Waals surface area contributed by atoms with Crippen LogP contribution in [0.5, 0.6) is 0 Å². The molecule has 3 aliphatic rings. The molecule has 6 heteroatoms. The van der Waals surface area contributed by atoms with Gasteiger partial charge in [-0.25, -0.2) is 12.8 Å². The van der Waals surface area contributed by atoms with Crippen LogP contribution in [0.15, 0.2) is 83.9 Å². The van der Waals surface area contributed by atoms with Gasteiger partial charge in [-0.1, -0.05) is 55.0 Å². The number of nitrogens with zero attached hydrogens (tertiary/aromatic N) is 2. The quantitative estimate of drug-likeness (QED) is 0.268. The zero-order valence-corrected chi connectivity index (χ0v) is 23.3. The van der Waals surface area contributed by atoms with E-state index in [4.69, 9.17) is 0 Å². The van der Waals surface area contributed by atoms with Crippen LogP contribution in [0, 0.1) is 42.3 Å². The molecule has 2 heterocycles. The van der Waals surface area contributed by atoms with Crippen molar-refractivity contribution in [2.45, 2.75) is 50.6 Å². The summed E-state index contributed by atoms with van der Waals surface area (Å²) in [5.74, 6) is 2.00. The molecule has 4 nitrogen and oxygen atoms in total. The van der Waals surface area contributed by atoms with E-state index >= 15 is 0 Å². The van der Waals surface area contributed by atoms with E-state index in [1.54, 1.807) is 22.5 Å². The number of benzene rings is 3. The third-order valence-corrected chi connectivity index (χ3v) is 11.8. The van der Waals surface area contributed by atoms with Gasteiger partial charge >= 0.3 is 0 Å². The fraction of sp³-hybridized carbons (Fsp3) is 0.394. The Hall–Kier alpha value is -2.96. The third kappa shape index (κ3) is 4.06. The number of piperidine rings is 1. The predicted octanol–water partition coefficient (Wildman–Crippen LogP) is 7.18. The topological polar surface area (TPSA) is 42.3 Å². The highest BCUT2D eigenvalue weighted by molar-refractivity contribution is 7.89.